The van der Waals surface area contributed by atoms with Crippen molar-refractivity contribution in [2.45, 2.75) is 18.2 Å². The van der Waals surface area contributed by atoms with Gasteiger partial charge in [-0.05, 0) is 42.8 Å². The molecule has 5 nitrogen and oxygen atoms in total. The molecule has 3 rings (SSSR count). The Morgan fingerprint density at radius 2 is 2.12 bits per heavy atom. The summed E-state index contributed by atoms with van der Waals surface area (Å²) >= 11 is 1.47. The summed E-state index contributed by atoms with van der Waals surface area (Å²) in [7, 11) is -3.67. The van der Waals surface area contributed by atoms with E-state index < -0.39 is 15.8 Å². The fourth-order valence-corrected chi connectivity index (χ4v) is 4.42. The number of thiazole rings is 1. The maximum atomic E-state index is 13.1. The Morgan fingerprint density at radius 3 is 2.84 bits per heavy atom. The zero-order valence-corrected chi connectivity index (χ0v) is 15.1. The number of hydrogen-bond donors (Lipinski definition) is 1. The third-order valence-electron chi connectivity index (χ3n) is 3.57. The zero-order valence-electron chi connectivity index (χ0n) is 13.4. The molecule has 2 aromatic heterocycles. The maximum absolute atomic E-state index is 13.1. The average molecular weight is 377 g/mol. The fraction of sp³-hybridized carbons (Fsp3) is 0.176. The lowest BCUT2D eigenvalue weighted by atomic mass is 10.2. The van der Waals surface area contributed by atoms with Crippen LogP contribution in [-0.2, 0) is 16.4 Å². The number of nitrogens with zero attached hydrogens (tertiary/aromatic N) is 2. The number of hydrogen-bond acceptors (Lipinski definition) is 5. The van der Waals surface area contributed by atoms with Crippen LogP contribution in [-0.4, -0.2) is 24.9 Å². The lowest BCUT2D eigenvalue weighted by molar-refractivity contribution is 0.579. The molecule has 1 aromatic carbocycles. The first-order chi connectivity index (χ1) is 12.0. The number of aromatic nitrogens is 2. The Bertz CT molecular complexity index is 973. The lowest BCUT2D eigenvalue weighted by Crippen LogP contribution is -2.26. The number of benzene rings is 1. The van der Waals surface area contributed by atoms with Gasteiger partial charge in [0.1, 0.15) is 5.82 Å². The second-order valence-electron chi connectivity index (χ2n) is 5.43. The highest BCUT2D eigenvalue weighted by Crippen LogP contribution is 2.21. The van der Waals surface area contributed by atoms with Gasteiger partial charge in [-0.25, -0.2) is 22.5 Å². The van der Waals surface area contributed by atoms with Gasteiger partial charge in [0.2, 0.25) is 10.0 Å². The Labute approximate surface area is 149 Å². The average Bonchev–Trinajstić information content (AvgIpc) is 3.04. The first kappa shape index (κ1) is 17.7. The summed E-state index contributed by atoms with van der Waals surface area (Å²) in [5.41, 5.74) is 2.12. The van der Waals surface area contributed by atoms with Crippen LogP contribution in [0.4, 0.5) is 4.39 Å². The van der Waals surface area contributed by atoms with Gasteiger partial charge in [0, 0.05) is 36.3 Å². The van der Waals surface area contributed by atoms with E-state index in [-0.39, 0.29) is 11.4 Å². The second-order valence-corrected chi connectivity index (χ2v) is 8.10. The van der Waals surface area contributed by atoms with Crippen molar-refractivity contribution in [3.8, 4) is 11.3 Å². The van der Waals surface area contributed by atoms with Gasteiger partial charge in [0.15, 0.2) is 0 Å². The normalized spacial score (nSPS) is 11.6. The minimum Gasteiger partial charge on any atom is -0.264 e. The van der Waals surface area contributed by atoms with Gasteiger partial charge < -0.3 is 0 Å². The molecular formula is C17H16FN3O2S2. The predicted molar refractivity (Wildman–Crippen MR) is 95.4 cm³/mol. The van der Waals surface area contributed by atoms with E-state index in [2.05, 4.69) is 14.7 Å². The lowest BCUT2D eigenvalue weighted by Gasteiger charge is -2.08. The van der Waals surface area contributed by atoms with Gasteiger partial charge >= 0.3 is 0 Å². The summed E-state index contributed by atoms with van der Waals surface area (Å²) in [6.07, 6.45) is 3.91. The number of pyridine rings is 1. The van der Waals surface area contributed by atoms with Gasteiger partial charge in [0.25, 0.3) is 0 Å². The number of sulfonamides is 1. The van der Waals surface area contributed by atoms with Gasteiger partial charge in [0.05, 0.1) is 15.6 Å². The zero-order chi connectivity index (χ0) is 17.9. The highest BCUT2D eigenvalue weighted by molar-refractivity contribution is 7.89. The summed E-state index contributed by atoms with van der Waals surface area (Å²) in [6.45, 7) is 1.79. The van der Waals surface area contributed by atoms with Crippen molar-refractivity contribution in [1.82, 2.24) is 14.7 Å². The minimum absolute atomic E-state index is 0.0871. The number of rotatable bonds is 6. The van der Waals surface area contributed by atoms with Crippen molar-refractivity contribution in [2.75, 3.05) is 6.54 Å². The van der Waals surface area contributed by atoms with Crippen LogP contribution in [0.5, 0.6) is 0 Å². The number of aryl methyl sites for hydroxylation is 1. The molecule has 0 amide bonds. The van der Waals surface area contributed by atoms with Gasteiger partial charge in [-0.1, -0.05) is 0 Å². The largest absolute Gasteiger partial charge is 0.264 e. The number of halogens is 1. The third-order valence-corrected chi connectivity index (χ3v) is 6.10. The van der Waals surface area contributed by atoms with Crippen molar-refractivity contribution in [2.24, 2.45) is 0 Å². The summed E-state index contributed by atoms with van der Waals surface area (Å²) < 4.78 is 40.3. The summed E-state index contributed by atoms with van der Waals surface area (Å²) in [4.78, 5) is 8.64. The molecule has 0 spiro atoms. The highest BCUT2D eigenvalue weighted by Gasteiger charge is 2.17. The monoisotopic (exact) mass is 377 g/mol. The Kier molecular flexibility index (Phi) is 5.22. The molecule has 0 aliphatic rings. The molecule has 8 heteroatoms. The van der Waals surface area contributed by atoms with Crippen LogP contribution in [0.15, 0.2) is 53.0 Å². The number of nitrogens with one attached hydrogen (secondary N) is 1. The molecule has 130 valence electrons. The van der Waals surface area contributed by atoms with Gasteiger partial charge in [-0.3, -0.25) is 4.98 Å². The molecule has 1 N–H and O–H groups in total. The van der Waals surface area contributed by atoms with Crippen molar-refractivity contribution >= 4 is 21.4 Å². The van der Waals surface area contributed by atoms with Crippen LogP contribution in [0.3, 0.4) is 0 Å². The third kappa shape index (κ3) is 4.28. The van der Waals surface area contributed by atoms with Crippen molar-refractivity contribution in [1.29, 1.82) is 0 Å². The first-order valence-corrected chi connectivity index (χ1v) is 9.92. The van der Waals surface area contributed by atoms with E-state index in [4.69, 9.17) is 0 Å². The molecule has 0 aliphatic carbocycles. The summed E-state index contributed by atoms with van der Waals surface area (Å²) in [5, 5.41) is 2.75. The van der Waals surface area contributed by atoms with Crippen LogP contribution in [0.25, 0.3) is 11.3 Å². The molecule has 0 radical (unpaired) electrons. The highest BCUT2D eigenvalue weighted by atomic mass is 32.2. The van der Waals surface area contributed by atoms with Crippen LogP contribution in [0.1, 0.15) is 10.6 Å². The molecule has 25 heavy (non-hydrogen) atoms. The van der Waals surface area contributed by atoms with E-state index in [0.717, 1.165) is 22.3 Å². The molecule has 0 fully saturated rings. The standard InChI is InChI=1S/C17H16FN3O2S2/c1-12-9-14(18)4-5-16(12)25(22,23)20-8-6-17-21-15(11-24-17)13-3-2-7-19-10-13/h2-5,7,9-11,20H,6,8H2,1H3. The molecular weight excluding hydrogens is 361 g/mol. The molecule has 0 saturated carbocycles. The van der Waals surface area contributed by atoms with E-state index in [1.807, 2.05) is 17.5 Å². The van der Waals surface area contributed by atoms with E-state index in [0.29, 0.717) is 12.0 Å². The Hall–Kier alpha value is -2.16. The second kappa shape index (κ2) is 7.38. The molecule has 0 atom stereocenters. The van der Waals surface area contributed by atoms with Gasteiger partial charge in [-0.15, -0.1) is 11.3 Å². The first-order valence-electron chi connectivity index (χ1n) is 7.56. The van der Waals surface area contributed by atoms with Crippen LogP contribution in [0.2, 0.25) is 0 Å². The Morgan fingerprint density at radius 1 is 1.28 bits per heavy atom. The minimum atomic E-state index is -3.67. The van der Waals surface area contributed by atoms with E-state index in [1.165, 1.54) is 23.5 Å². The molecule has 0 aliphatic heterocycles. The molecule has 3 aromatic rings. The topological polar surface area (TPSA) is 72.0 Å². The molecule has 0 unspecified atom stereocenters. The maximum Gasteiger partial charge on any atom is 0.240 e. The van der Waals surface area contributed by atoms with E-state index in [9.17, 15) is 12.8 Å². The van der Waals surface area contributed by atoms with Crippen molar-refractivity contribution in [3.63, 3.8) is 0 Å². The van der Waals surface area contributed by atoms with Crippen LogP contribution < -0.4 is 4.72 Å². The predicted octanol–water partition coefficient (Wildman–Crippen LogP) is 3.17. The van der Waals surface area contributed by atoms with Crippen LogP contribution >= 0.6 is 11.3 Å². The summed E-state index contributed by atoms with van der Waals surface area (Å²) in [6, 6.07) is 7.38. The summed E-state index contributed by atoms with van der Waals surface area (Å²) in [5.74, 6) is -0.456. The van der Waals surface area contributed by atoms with E-state index in [1.54, 1.807) is 19.3 Å². The molecule has 0 saturated heterocycles. The van der Waals surface area contributed by atoms with E-state index >= 15 is 0 Å². The fourth-order valence-electron chi connectivity index (χ4n) is 2.36. The van der Waals surface area contributed by atoms with Crippen molar-refractivity contribution in [3.05, 3.63) is 64.5 Å². The Balaban J connectivity index is 1.64. The van der Waals surface area contributed by atoms with Gasteiger partial charge in [-0.2, -0.15) is 0 Å². The molecule has 2 heterocycles. The smallest absolute Gasteiger partial charge is 0.240 e. The van der Waals surface area contributed by atoms with Crippen molar-refractivity contribution < 1.29 is 12.8 Å². The molecule has 0 bridgehead atoms. The van der Waals surface area contributed by atoms with Crippen LogP contribution in [0, 0.1) is 12.7 Å². The quantitative estimate of drug-likeness (QED) is 0.716. The SMILES string of the molecule is Cc1cc(F)ccc1S(=O)(=O)NCCc1nc(-c2cccnc2)cs1.